The molecule has 2 saturated heterocycles. The van der Waals surface area contributed by atoms with Gasteiger partial charge in [0.25, 0.3) is 5.91 Å². The first-order valence-electron chi connectivity index (χ1n) is 6.38. The minimum atomic E-state index is -0.530. The van der Waals surface area contributed by atoms with Gasteiger partial charge in [-0.25, -0.2) is 0 Å². The van der Waals surface area contributed by atoms with Crippen LogP contribution in [0.15, 0.2) is 23.4 Å². The largest absolute Gasteiger partial charge is 0.399 e. The van der Waals surface area contributed by atoms with Crippen molar-refractivity contribution < 1.29 is 14.4 Å². The summed E-state index contributed by atoms with van der Waals surface area (Å²) in [5.74, 6) is -0.652. The number of hydrogen-bond donors (Lipinski definition) is 2. The van der Waals surface area contributed by atoms with Crippen LogP contribution in [0.25, 0.3) is 0 Å². The van der Waals surface area contributed by atoms with Crippen LogP contribution in [0.3, 0.4) is 0 Å². The number of fused-ring (bicyclic) bond motifs is 1. The fourth-order valence-corrected chi connectivity index (χ4v) is 2.91. The summed E-state index contributed by atoms with van der Waals surface area (Å²) in [6, 6.07) is -0.530. The van der Waals surface area contributed by atoms with Crippen molar-refractivity contribution in [2.75, 3.05) is 6.54 Å². The summed E-state index contributed by atoms with van der Waals surface area (Å²) >= 11 is 0. The number of amides is 3. The van der Waals surface area contributed by atoms with E-state index in [1.807, 2.05) is 6.08 Å². The average molecular weight is 261 g/mol. The van der Waals surface area contributed by atoms with Crippen LogP contribution in [0, 0.1) is 5.92 Å². The van der Waals surface area contributed by atoms with Gasteiger partial charge in [-0.15, -0.1) is 0 Å². The molecule has 0 aromatic rings. The van der Waals surface area contributed by atoms with Crippen molar-refractivity contribution >= 4 is 17.7 Å². The number of nitrogens with two attached hydrogens (primary N) is 1. The van der Waals surface area contributed by atoms with Crippen LogP contribution in [0.4, 0.5) is 0 Å². The second-order valence-electron chi connectivity index (χ2n) is 5.16. The first-order chi connectivity index (χ1) is 9.06. The minimum Gasteiger partial charge on any atom is -0.399 e. The summed E-state index contributed by atoms with van der Waals surface area (Å²) in [6.07, 6.45) is 5.01. The summed E-state index contributed by atoms with van der Waals surface area (Å²) < 4.78 is 0. The molecule has 2 aliphatic heterocycles. The number of rotatable bonds is 1. The number of allylic oxidation sites excluding steroid dienone is 2. The van der Waals surface area contributed by atoms with E-state index < -0.39 is 6.04 Å². The van der Waals surface area contributed by atoms with Crippen molar-refractivity contribution in [1.82, 2.24) is 10.2 Å². The number of nitrogens with one attached hydrogen (secondary N) is 1. The molecule has 3 N–H and O–H groups in total. The molecule has 6 heteroatoms. The second kappa shape index (κ2) is 4.22. The number of carbonyl (C=O) groups excluding carboxylic acids is 3. The quantitative estimate of drug-likeness (QED) is 0.618. The van der Waals surface area contributed by atoms with Gasteiger partial charge in [0.15, 0.2) is 0 Å². The van der Waals surface area contributed by atoms with E-state index in [1.54, 1.807) is 11.0 Å². The zero-order valence-electron chi connectivity index (χ0n) is 10.4. The van der Waals surface area contributed by atoms with Crippen LogP contribution in [-0.4, -0.2) is 35.2 Å². The number of nitrogens with zero attached hydrogens (tertiary/aromatic N) is 1. The lowest BCUT2D eigenvalue weighted by Gasteiger charge is -2.29. The molecule has 2 heterocycles. The maximum atomic E-state index is 12.3. The predicted molar refractivity (Wildman–Crippen MR) is 66.3 cm³/mol. The van der Waals surface area contributed by atoms with Gasteiger partial charge < -0.3 is 10.6 Å². The molecular formula is C13H15N3O3. The van der Waals surface area contributed by atoms with Gasteiger partial charge in [-0.1, -0.05) is 6.08 Å². The highest BCUT2D eigenvalue weighted by Gasteiger charge is 2.43. The van der Waals surface area contributed by atoms with Gasteiger partial charge >= 0.3 is 0 Å². The van der Waals surface area contributed by atoms with Crippen LogP contribution in [0.5, 0.6) is 0 Å². The fourth-order valence-electron chi connectivity index (χ4n) is 2.91. The lowest BCUT2D eigenvalue weighted by Crippen LogP contribution is -2.53. The molecule has 3 aliphatic rings. The van der Waals surface area contributed by atoms with Gasteiger partial charge in [0.1, 0.15) is 6.04 Å². The second-order valence-corrected chi connectivity index (χ2v) is 5.16. The molecule has 6 nitrogen and oxygen atoms in total. The molecule has 0 saturated carbocycles. The van der Waals surface area contributed by atoms with Crippen LogP contribution in [0.2, 0.25) is 0 Å². The maximum absolute atomic E-state index is 12.3. The lowest BCUT2D eigenvalue weighted by atomic mass is 9.93. The van der Waals surface area contributed by atoms with Gasteiger partial charge in [0.05, 0.1) is 0 Å². The fraction of sp³-hybridized carbons (Fsp3) is 0.462. The zero-order chi connectivity index (χ0) is 13.6. The molecule has 1 aliphatic carbocycles. The highest BCUT2D eigenvalue weighted by atomic mass is 16.2. The van der Waals surface area contributed by atoms with Crippen molar-refractivity contribution in [1.29, 1.82) is 0 Å². The van der Waals surface area contributed by atoms with E-state index in [2.05, 4.69) is 5.32 Å². The minimum absolute atomic E-state index is 0.116. The van der Waals surface area contributed by atoms with Crippen LogP contribution < -0.4 is 11.1 Å². The van der Waals surface area contributed by atoms with Crippen molar-refractivity contribution in [3.05, 3.63) is 23.4 Å². The van der Waals surface area contributed by atoms with Crippen LogP contribution in [0.1, 0.15) is 19.3 Å². The maximum Gasteiger partial charge on any atom is 0.250 e. The van der Waals surface area contributed by atoms with E-state index in [0.29, 0.717) is 24.2 Å². The molecule has 3 amide bonds. The van der Waals surface area contributed by atoms with Crippen molar-refractivity contribution in [3.8, 4) is 0 Å². The Morgan fingerprint density at radius 1 is 1.32 bits per heavy atom. The Morgan fingerprint density at radius 3 is 2.84 bits per heavy atom. The molecule has 3 rings (SSSR count). The van der Waals surface area contributed by atoms with Gasteiger partial charge in [-0.05, 0) is 18.9 Å². The Bertz CT molecular complexity index is 535. The summed E-state index contributed by atoms with van der Waals surface area (Å²) in [4.78, 5) is 36.9. The van der Waals surface area contributed by atoms with Crippen LogP contribution in [-0.2, 0) is 14.4 Å². The molecule has 0 spiro atoms. The topological polar surface area (TPSA) is 92.5 Å². The van der Waals surface area contributed by atoms with Crippen molar-refractivity contribution in [3.63, 3.8) is 0 Å². The Balaban J connectivity index is 1.81. The van der Waals surface area contributed by atoms with E-state index in [1.165, 1.54) is 0 Å². The first kappa shape index (κ1) is 12.0. The van der Waals surface area contributed by atoms with Gasteiger partial charge in [0.2, 0.25) is 11.8 Å². The monoisotopic (exact) mass is 261 g/mol. The standard InChI is InChI=1S/C13H15N3O3/c14-8-2-1-7-6-16(13(19)9(7)5-8)10-3-4-11(17)15-12(10)18/h2,5,7,10H,1,3-4,6,14H2,(H,15,17,18). The summed E-state index contributed by atoms with van der Waals surface area (Å²) in [5, 5.41) is 2.29. The summed E-state index contributed by atoms with van der Waals surface area (Å²) in [5.41, 5.74) is 7.00. The number of carbonyl (C=O) groups is 3. The molecule has 2 atom stereocenters. The van der Waals surface area contributed by atoms with Gasteiger partial charge in [-0.3, -0.25) is 19.7 Å². The number of piperidine rings is 1. The van der Waals surface area contributed by atoms with Gasteiger partial charge in [0, 0.05) is 30.2 Å². The summed E-state index contributed by atoms with van der Waals surface area (Å²) in [7, 11) is 0. The average Bonchev–Trinajstić information content (AvgIpc) is 2.67. The molecule has 2 unspecified atom stereocenters. The SMILES string of the molecule is NC1=CCC2CN(C3CCC(=O)NC3=O)C(=O)C2=C1. The smallest absolute Gasteiger partial charge is 0.250 e. The van der Waals surface area contributed by atoms with Crippen molar-refractivity contribution in [2.24, 2.45) is 11.7 Å². The zero-order valence-corrected chi connectivity index (χ0v) is 10.4. The van der Waals surface area contributed by atoms with Crippen molar-refractivity contribution in [2.45, 2.75) is 25.3 Å². The highest BCUT2D eigenvalue weighted by molar-refractivity contribution is 6.04. The Morgan fingerprint density at radius 2 is 2.11 bits per heavy atom. The van der Waals surface area contributed by atoms with E-state index in [0.717, 1.165) is 6.42 Å². The van der Waals surface area contributed by atoms with Gasteiger partial charge in [-0.2, -0.15) is 0 Å². The molecule has 2 fully saturated rings. The van der Waals surface area contributed by atoms with E-state index in [4.69, 9.17) is 5.73 Å². The predicted octanol–water partition coefficient (Wildman–Crippen LogP) is -0.577. The Kier molecular flexibility index (Phi) is 2.66. The number of likely N-dealkylation sites (tertiary alicyclic amines) is 1. The Hall–Kier alpha value is -2.11. The molecule has 0 bridgehead atoms. The summed E-state index contributed by atoms with van der Waals surface area (Å²) in [6.45, 7) is 0.528. The number of hydrogen-bond acceptors (Lipinski definition) is 4. The number of imide groups is 1. The molecule has 0 aromatic carbocycles. The molecule has 19 heavy (non-hydrogen) atoms. The highest BCUT2D eigenvalue weighted by Crippen LogP contribution is 2.33. The van der Waals surface area contributed by atoms with Crippen LogP contribution >= 0.6 is 0 Å². The normalized spacial score (nSPS) is 30.7. The third kappa shape index (κ3) is 1.93. The third-order valence-corrected chi connectivity index (χ3v) is 3.91. The Labute approximate surface area is 110 Å². The van der Waals surface area contributed by atoms with E-state index in [9.17, 15) is 14.4 Å². The molecule has 0 radical (unpaired) electrons. The van der Waals surface area contributed by atoms with E-state index >= 15 is 0 Å². The first-order valence-corrected chi connectivity index (χ1v) is 6.38. The lowest BCUT2D eigenvalue weighted by molar-refractivity contribution is -0.142. The molecule has 0 aromatic heterocycles. The molecular weight excluding hydrogens is 246 g/mol. The molecule has 100 valence electrons. The van der Waals surface area contributed by atoms with E-state index in [-0.39, 0.29) is 30.1 Å². The third-order valence-electron chi connectivity index (χ3n) is 3.91.